The number of hydrogen-bond acceptors (Lipinski definition) is 4. The summed E-state index contributed by atoms with van der Waals surface area (Å²) in [5.74, 6) is 1.21. The Morgan fingerprint density at radius 3 is 2.52 bits per heavy atom. The molecule has 0 N–H and O–H groups in total. The maximum absolute atomic E-state index is 12.9. The van der Waals surface area contributed by atoms with Crippen LogP contribution >= 0.6 is 15.9 Å². The molecule has 7 nitrogen and oxygen atoms in total. The number of rotatable bonds is 3. The SMILES string of the molecule is O=C(Cn1ccc2ccc(Br)cc21)N1CCN(C(=O)[C@@H]2COc3ccccc3O2)CC1. The summed E-state index contributed by atoms with van der Waals surface area (Å²) in [6, 6.07) is 15.4. The van der Waals surface area contributed by atoms with E-state index in [1.807, 2.05) is 58.1 Å². The summed E-state index contributed by atoms with van der Waals surface area (Å²) in [4.78, 5) is 29.3. The number of fused-ring (bicyclic) bond motifs is 2. The third kappa shape index (κ3) is 3.99. The molecule has 3 aromatic rings. The predicted octanol–water partition coefficient (Wildman–Crippen LogP) is 2.91. The zero-order chi connectivity index (χ0) is 21.4. The first-order chi connectivity index (χ1) is 15.1. The van der Waals surface area contributed by atoms with Crippen molar-refractivity contribution in [3.63, 3.8) is 0 Å². The maximum Gasteiger partial charge on any atom is 0.267 e. The zero-order valence-electron chi connectivity index (χ0n) is 16.9. The molecule has 2 aliphatic rings. The summed E-state index contributed by atoms with van der Waals surface area (Å²) >= 11 is 3.49. The molecule has 160 valence electrons. The highest BCUT2D eigenvalue weighted by molar-refractivity contribution is 9.10. The van der Waals surface area contributed by atoms with Crippen LogP contribution in [0.25, 0.3) is 10.9 Å². The molecule has 1 aromatic heterocycles. The van der Waals surface area contributed by atoms with Crippen molar-refractivity contribution in [3.05, 3.63) is 59.2 Å². The van der Waals surface area contributed by atoms with E-state index in [0.29, 0.717) is 37.7 Å². The molecule has 31 heavy (non-hydrogen) atoms. The minimum absolute atomic E-state index is 0.0516. The smallest absolute Gasteiger partial charge is 0.267 e. The average molecular weight is 484 g/mol. The molecule has 2 aliphatic heterocycles. The fourth-order valence-electron chi connectivity index (χ4n) is 4.06. The standard InChI is InChI=1S/C23H22BrN3O4/c24-17-6-5-16-7-8-27(18(16)13-17)14-22(28)25-9-11-26(12-10-25)23(29)21-15-30-19-3-1-2-4-20(19)31-21/h1-8,13,21H,9-12,14-15H2/t21-/m0/s1. The van der Waals surface area contributed by atoms with Gasteiger partial charge >= 0.3 is 0 Å². The second-order valence-electron chi connectivity index (χ2n) is 7.72. The van der Waals surface area contributed by atoms with Crippen molar-refractivity contribution < 1.29 is 19.1 Å². The molecular formula is C23H22BrN3O4. The summed E-state index contributed by atoms with van der Waals surface area (Å²) in [5, 5.41) is 1.10. The number of halogens is 1. The predicted molar refractivity (Wildman–Crippen MR) is 119 cm³/mol. The molecular weight excluding hydrogens is 462 g/mol. The molecule has 2 aromatic carbocycles. The Hall–Kier alpha value is -3.00. The number of carbonyl (C=O) groups excluding carboxylic acids is 2. The van der Waals surface area contributed by atoms with Crippen molar-refractivity contribution in [2.24, 2.45) is 0 Å². The number of piperazine rings is 1. The van der Waals surface area contributed by atoms with Crippen molar-refractivity contribution >= 4 is 38.6 Å². The van der Waals surface area contributed by atoms with Crippen LogP contribution in [0, 0.1) is 0 Å². The minimum atomic E-state index is -0.651. The minimum Gasteiger partial charge on any atom is -0.485 e. The van der Waals surface area contributed by atoms with Gasteiger partial charge in [0.05, 0.1) is 0 Å². The van der Waals surface area contributed by atoms with Gasteiger partial charge in [-0.1, -0.05) is 34.1 Å². The number of aromatic nitrogens is 1. The first-order valence-corrected chi connectivity index (χ1v) is 11.1. The lowest BCUT2D eigenvalue weighted by Gasteiger charge is -2.37. The van der Waals surface area contributed by atoms with Crippen LogP contribution in [0.3, 0.4) is 0 Å². The third-order valence-corrected chi connectivity index (χ3v) is 6.26. The third-order valence-electron chi connectivity index (χ3n) is 5.77. The number of amides is 2. The lowest BCUT2D eigenvalue weighted by atomic mass is 10.2. The van der Waals surface area contributed by atoms with Crippen molar-refractivity contribution in [2.45, 2.75) is 12.6 Å². The molecule has 0 saturated carbocycles. The molecule has 0 aliphatic carbocycles. The van der Waals surface area contributed by atoms with Gasteiger partial charge in [0.1, 0.15) is 13.2 Å². The number of para-hydroxylation sites is 2. The topological polar surface area (TPSA) is 64.0 Å². The largest absolute Gasteiger partial charge is 0.485 e. The van der Waals surface area contributed by atoms with E-state index in [-0.39, 0.29) is 25.0 Å². The molecule has 8 heteroatoms. The summed E-state index contributed by atoms with van der Waals surface area (Å²) in [7, 11) is 0. The van der Waals surface area contributed by atoms with E-state index in [1.54, 1.807) is 11.0 Å². The Balaban J connectivity index is 1.18. The van der Waals surface area contributed by atoms with Crippen LogP contribution in [-0.2, 0) is 16.1 Å². The number of nitrogens with zero attached hydrogens (tertiary/aromatic N) is 3. The van der Waals surface area contributed by atoms with Gasteiger partial charge in [0, 0.05) is 42.4 Å². The first kappa shape index (κ1) is 19.9. The lowest BCUT2D eigenvalue weighted by Crippen LogP contribution is -2.55. The summed E-state index contributed by atoms with van der Waals surface area (Å²) in [6.07, 6.45) is 1.29. The van der Waals surface area contributed by atoms with Gasteiger partial charge in [0.2, 0.25) is 12.0 Å². The highest BCUT2D eigenvalue weighted by atomic mass is 79.9. The van der Waals surface area contributed by atoms with E-state index in [4.69, 9.17) is 9.47 Å². The van der Waals surface area contributed by atoms with E-state index in [9.17, 15) is 9.59 Å². The quantitative estimate of drug-likeness (QED) is 0.574. The highest BCUT2D eigenvalue weighted by Crippen LogP contribution is 2.31. The summed E-state index contributed by atoms with van der Waals surface area (Å²) in [5.41, 5.74) is 1.02. The summed E-state index contributed by atoms with van der Waals surface area (Å²) in [6.45, 7) is 2.49. The van der Waals surface area contributed by atoms with Gasteiger partial charge in [-0.15, -0.1) is 0 Å². The highest BCUT2D eigenvalue weighted by Gasteiger charge is 2.33. The molecule has 1 saturated heterocycles. The van der Waals surface area contributed by atoms with E-state index in [2.05, 4.69) is 15.9 Å². The fourth-order valence-corrected chi connectivity index (χ4v) is 4.41. The molecule has 3 heterocycles. The lowest BCUT2D eigenvalue weighted by molar-refractivity contribution is -0.146. The Kier molecular flexibility index (Phi) is 5.31. The first-order valence-electron chi connectivity index (χ1n) is 10.3. The molecule has 0 spiro atoms. The molecule has 0 radical (unpaired) electrons. The van der Waals surface area contributed by atoms with Crippen LogP contribution in [0.5, 0.6) is 11.5 Å². The van der Waals surface area contributed by atoms with Gasteiger partial charge in [-0.25, -0.2) is 0 Å². The Morgan fingerprint density at radius 2 is 1.71 bits per heavy atom. The molecule has 0 bridgehead atoms. The molecule has 1 atom stereocenters. The molecule has 5 rings (SSSR count). The van der Waals surface area contributed by atoms with Crippen LogP contribution in [0.15, 0.2) is 59.2 Å². The van der Waals surface area contributed by atoms with Crippen molar-refractivity contribution in [2.75, 3.05) is 32.8 Å². The van der Waals surface area contributed by atoms with E-state index in [0.717, 1.165) is 15.4 Å². The van der Waals surface area contributed by atoms with Gasteiger partial charge in [-0.2, -0.15) is 0 Å². The molecule has 1 fully saturated rings. The molecule has 0 unspecified atom stereocenters. The Labute approximate surface area is 188 Å². The number of carbonyl (C=O) groups is 2. The van der Waals surface area contributed by atoms with Gasteiger partial charge in [-0.05, 0) is 35.7 Å². The fraction of sp³-hybridized carbons (Fsp3) is 0.304. The normalized spacial score (nSPS) is 18.3. The second kappa shape index (κ2) is 8.26. The van der Waals surface area contributed by atoms with Gasteiger partial charge < -0.3 is 23.8 Å². The van der Waals surface area contributed by atoms with Crippen LogP contribution in [-0.4, -0.2) is 65.1 Å². The van der Waals surface area contributed by atoms with Gasteiger partial charge in [-0.3, -0.25) is 9.59 Å². The van der Waals surface area contributed by atoms with Gasteiger partial charge in [0.15, 0.2) is 11.5 Å². The maximum atomic E-state index is 12.9. The van der Waals surface area contributed by atoms with Crippen LogP contribution < -0.4 is 9.47 Å². The Bertz CT molecular complexity index is 1140. The number of ether oxygens (including phenoxy) is 2. The van der Waals surface area contributed by atoms with Gasteiger partial charge in [0.25, 0.3) is 5.91 Å². The van der Waals surface area contributed by atoms with Crippen LogP contribution in [0.2, 0.25) is 0 Å². The van der Waals surface area contributed by atoms with E-state index >= 15 is 0 Å². The van der Waals surface area contributed by atoms with E-state index in [1.165, 1.54) is 0 Å². The Morgan fingerprint density at radius 1 is 0.968 bits per heavy atom. The average Bonchev–Trinajstić information content (AvgIpc) is 3.20. The number of hydrogen-bond donors (Lipinski definition) is 0. The van der Waals surface area contributed by atoms with E-state index < -0.39 is 6.10 Å². The van der Waals surface area contributed by atoms with Crippen LogP contribution in [0.1, 0.15) is 0 Å². The monoisotopic (exact) mass is 483 g/mol. The van der Waals surface area contributed by atoms with Crippen molar-refractivity contribution in [3.8, 4) is 11.5 Å². The number of benzene rings is 2. The zero-order valence-corrected chi connectivity index (χ0v) is 18.5. The van der Waals surface area contributed by atoms with Crippen molar-refractivity contribution in [1.82, 2.24) is 14.4 Å². The molecule has 2 amide bonds. The second-order valence-corrected chi connectivity index (χ2v) is 8.63. The summed E-state index contributed by atoms with van der Waals surface area (Å²) < 4.78 is 14.4. The van der Waals surface area contributed by atoms with Crippen molar-refractivity contribution in [1.29, 1.82) is 0 Å². The van der Waals surface area contributed by atoms with Crippen LogP contribution in [0.4, 0.5) is 0 Å².